The minimum atomic E-state index is -2.17. The third kappa shape index (κ3) is 292. The summed E-state index contributed by atoms with van der Waals surface area (Å²) in [5.74, 6) is 0. The Morgan fingerprint density at radius 1 is 1.50 bits per heavy atom. The molecule has 0 aliphatic heterocycles. The molecule has 0 aromatic rings. The van der Waals surface area contributed by atoms with Gasteiger partial charge in [0.25, 0.3) is 0 Å². The van der Waals surface area contributed by atoms with Crippen LogP contribution >= 0.6 is 0 Å². The first-order valence-electron chi connectivity index (χ1n) is 1.01. The molecule has 0 bridgehead atoms. The maximum Gasteiger partial charge on any atom is 0.198 e. The van der Waals surface area contributed by atoms with Crippen molar-refractivity contribution < 1.29 is 8.78 Å². The van der Waals surface area contributed by atoms with Gasteiger partial charge in [-0.05, 0) is 0 Å². The van der Waals surface area contributed by atoms with Gasteiger partial charge in [-0.15, -0.1) is 0 Å². The van der Waals surface area contributed by atoms with Gasteiger partial charge in [0.2, 0.25) is 0 Å². The van der Waals surface area contributed by atoms with E-state index < -0.39 is 6.32 Å². The third-order valence-electron chi connectivity index (χ3n) is 0. The summed E-state index contributed by atoms with van der Waals surface area (Å²) >= 11 is 0. The molecule has 24 valence electrons. The van der Waals surface area contributed by atoms with Crippen molar-refractivity contribution in [2.75, 3.05) is 0 Å². The number of hydrogen-bond acceptors (Lipinski definition) is 0. The van der Waals surface area contributed by atoms with Crippen molar-refractivity contribution in [3.05, 3.63) is 0 Å². The van der Waals surface area contributed by atoms with Crippen LogP contribution in [-0.4, -0.2) is 14.2 Å². The summed E-state index contributed by atoms with van der Waals surface area (Å²) in [6.07, 6.45) is -2.17. The van der Waals surface area contributed by atoms with E-state index in [1.165, 1.54) is 0 Å². The standard InChI is InChI=1S/CH3BF2/c2-1(3)4/h1H,2H2. The Hall–Kier alpha value is -0.0751. The average molecular weight is 63.8 g/mol. The molecule has 4 heavy (non-hydrogen) atoms. The van der Waals surface area contributed by atoms with Crippen LogP contribution in [0, 0.1) is 0 Å². The molecular formula is CH3BF2. The number of alkyl halides is 2. The monoisotopic (exact) mass is 64.0 g/mol. The van der Waals surface area contributed by atoms with Crippen LogP contribution in [-0.2, 0) is 0 Å². The summed E-state index contributed by atoms with van der Waals surface area (Å²) in [5, 5.41) is 0. The van der Waals surface area contributed by atoms with Crippen molar-refractivity contribution in [1.82, 2.24) is 0 Å². The molecule has 0 heterocycles. The van der Waals surface area contributed by atoms with E-state index in [0.717, 1.165) is 7.85 Å². The summed E-state index contributed by atoms with van der Waals surface area (Å²) in [6, 6.07) is 0. The predicted molar refractivity (Wildman–Crippen MR) is 14.5 cm³/mol. The summed E-state index contributed by atoms with van der Waals surface area (Å²) in [5.41, 5.74) is 0. The zero-order valence-corrected chi connectivity index (χ0v) is 2.33. The first-order chi connectivity index (χ1) is 1.73. The van der Waals surface area contributed by atoms with Gasteiger partial charge < -0.3 is 0 Å². The lowest BCUT2D eigenvalue weighted by molar-refractivity contribution is 0.242. The number of rotatable bonds is 0. The van der Waals surface area contributed by atoms with Crippen LogP contribution in [0.2, 0.25) is 0 Å². The molecule has 0 aliphatic carbocycles. The minimum absolute atomic E-state index is 0.833. The lowest BCUT2D eigenvalue weighted by Crippen LogP contribution is -1.80. The van der Waals surface area contributed by atoms with Crippen molar-refractivity contribution in [1.29, 1.82) is 0 Å². The molecule has 0 spiro atoms. The van der Waals surface area contributed by atoms with Crippen LogP contribution in [0.15, 0.2) is 0 Å². The van der Waals surface area contributed by atoms with Gasteiger partial charge in [-0.1, -0.05) is 0 Å². The third-order valence-corrected chi connectivity index (χ3v) is 0. The van der Waals surface area contributed by atoms with Gasteiger partial charge in [-0.3, -0.25) is 0 Å². The molecule has 0 radical (unpaired) electrons. The maximum absolute atomic E-state index is 10.3. The molecule has 0 saturated carbocycles. The fourth-order valence-corrected chi connectivity index (χ4v) is 0. The lowest BCUT2D eigenvalue weighted by atomic mass is 10.2. The molecule has 0 aromatic carbocycles. The summed E-state index contributed by atoms with van der Waals surface area (Å²) in [7, 11) is 0.833. The van der Waals surface area contributed by atoms with E-state index in [1.54, 1.807) is 0 Å². The highest BCUT2D eigenvalue weighted by molar-refractivity contribution is 6.09. The van der Waals surface area contributed by atoms with Crippen LogP contribution in [0.5, 0.6) is 0 Å². The molecule has 0 aromatic heterocycles. The van der Waals surface area contributed by atoms with Crippen LogP contribution in [0.25, 0.3) is 0 Å². The van der Waals surface area contributed by atoms with Gasteiger partial charge in [0.05, 0.1) is 0 Å². The van der Waals surface area contributed by atoms with Gasteiger partial charge in [0, 0.05) is 0 Å². The van der Waals surface area contributed by atoms with E-state index in [9.17, 15) is 8.78 Å². The van der Waals surface area contributed by atoms with Crippen molar-refractivity contribution >= 4 is 7.85 Å². The van der Waals surface area contributed by atoms with E-state index in [1.807, 2.05) is 0 Å². The molecule has 3 heteroatoms. The molecule has 0 atom stereocenters. The quantitative estimate of drug-likeness (QED) is 0.343. The topological polar surface area (TPSA) is 0 Å². The van der Waals surface area contributed by atoms with Crippen LogP contribution in [0.3, 0.4) is 0 Å². The average Bonchev–Trinajstić information content (AvgIpc) is 0.811. The van der Waals surface area contributed by atoms with E-state index >= 15 is 0 Å². The van der Waals surface area contributed by atoms with E-state index in [-0.39, 0.29) is 0 Å². The summed E-state index contributed by atoms with van der Waals surface area (Å²) in [6.45, 7) is 0. The Labute approximate surface area is 24.2 Å². The van der Waals surface area contributed by atoms with Crippen molar-refractivity contribution in [2.24, 2.45) is 0 Å². The van der Waals surface area contributed by atoms with Crippen LogP contribution < -0.4 is 0 Å². The van der Waals surface area contributed by atoms with Crippen molar-refractivity contribution in [2.45, 2.75) is 6.32 Å². The van der Waals surface area contributed by atoms with Crippen LogP contribution in [0.4, 0.5) is 8.78 Å². The normalized spacial score (nSPS) is 8.75. The van der Waals surface area contributed by atoms with Crippen LogP contribution in [0.1, 0.15) is 0 Å². The van der Waals surface area contributed by atoms with Gasteiger partial charge in [0.1, 0.15) is 0 Å². The minimum Gasteiger partial charge on any atom is -0.222 e. The highest BCUT2D eigenvalue weighted by atomic mass is 19.3. The summed E-state index contributed by atoms with van der Waals surface area (Å²) in [4.78, 5) is 0. The summed E-state index contributed by atoms with van der Waals surface area (Å²) < 4.78 is 20.7. The molecule has 0 saturated heterocycles. The number of halogens is 2. The SMILES string of the molecule is BC(F)F. The molecule has 0 amide bonds. The first kappa shape index (κ1) is 3.92. The second-order valence-corrected chi connectivity index (χ2v) is 0.519. The smallest absolute Gasteiger partial charge is 0.198 e. The van der Waals surface area contributed by atoms with Gasteiger partial charge in [-0.25, -0.2) is 8.78 Å². The largest absolute Gasteiger partial charge is 0.222 e. The number of hydrogen-bond donors (Lipinski definition) is 0. The van der Waals surface area contributed by atoms with Gasteiger partial charge >= 0.3 is 0 Å². The van der Waals surface area contributed by atoms with E-state index in [4.69, 9.17) is 0 Å². The van der Waals surface area contributed by atoms with Gasteiger partial charge in [-0.2, -0.15) is 0 Å². The highest BCUT2D eigenvalue weighted by Gasteiger charge is 1.80. The zero-order chi connectivity index (χ0) is 3.58. The first-order valence-corrected chi connectivity index (χ1v) is 1.01. The van der Waals surface area contributed by atoms with E-state index in [0.29, 0.717) is 0 Å². The lowest BCUT2D eigenvalue weighted by Gasteiger charge is -1.69. The molecule has 0 fully saturated rings. The molecule has 0 aliphatic rings. The molecule has 0 unspecified atom stereocenters. The fourth-order valence-electron chi connectivity index (χ4n) is 0. The Bertz CT molecular complexity index is 10.8. The maximum atomic E-state index is 10.3. The van der Waals surface area contributed by atoms with E-state index in [2.05, 4.69) is 0 Å². The second-order valence-electron chi connectivity index (χ2n) is 0.519. The Kier molecular flexibility index (Phi) is 1.24. The highest BCUT2D eigenvalue weighted by Crippen LogP contribution is 1.76. The van der Waals surface area contributed by atoms with Crippen molar-refractivity contribution in [3.63, 3.8) is 0 Å². The molecular weight excluding hydrogens is 60.8 g/mol. The van der Waals surface area contributed by atoms with Gasteiger partial charge in [0.15, 0.2) is 14.2 Å². The fraction of sp³-hybridized carbons (Fsp3) is 1.00. The Morgan fingerprint density at radius 2 is 1.50 bits per heavy atom. The predicted octanol–water partition coefficient (Wildman–Crippen LogP) is -0.158. The van der Waals surface area contributed by atoms with Crippen molar-refractivity contribution in [3.8, 4) is 0 Å². The molecule has 0 nitrogen and oxygen atoms in total. The zero-order valence-electron chi connectivity index (χ0n) is 2.33. The molecule has 0 rings (SSSR count). The Balaban J connectivity index is 2.32. The Morgan fingerprint density at radius 3 is 1.50 bits per heavy atom. The second kappa shape index (κ2) is 1.27. The molecule has 0 N–H and O–H groups in total.